The Balaban J connectivity index is 2.06. The van der Waals surface area contributed by atoms with Crippen molar-refractivity contribution in [1.29, 1.82) is 5.26 Å². The first-order valence-corrected chi connectivity index (χ1v) is 7.94. The highest BCUT2D eigenvalue weighted by molar-refractivity contribution is 5.86. The number of aromatic nitrogens is 2. The molecule has 4 rings (SSSR count). The Morgan fingerprint density at radius 1 is 1.12 bits per heavy atom. The van der Waals surface area contributed by atoms with Crippen molar-refractivity contribution in [3.63, 3.8) is 0 Å². The molecule has 0 saturated heterocycles. The van der Waals surface area contributed by atoms with E-state index in [1.807, 2.05) is 65.7 Å². The van der Waals surface area contributed by atoms with E-state index in [1.54, 1.807) is 12.1 Å². The molecule has 0 fully saturated rings. The van der Waals surface area contributed by atoms with E-state index in [4.69, 9.17) is 0 Å². The number of aryl methyl sites for hydroxylation is 1. The monoisotopic (exact) mass is 328 g/mol. The van der Waals surface area contributed by atoms with Gasteiger partial charge in [0.2, 0.25) is 0 Å². The molecule has 0 atom stereocenters. The van der Waals surface area contributed by atoms with E-state index >= 15 is 0 Å². The summed E-state index contributed by atoms with van der Waals surface area (Å²) in [5.41, 5.74) is 4.86. The van der Waals surface area contributed by atoms with E-state index in [0.717, 1.165) is 28.1 Å². The van der Waals surface area contributed by atoms with E-state index in [0.29, 0.717) is 11.2 Å². The molecule has 0 bridgehead atoms. The number of phenols is 1. The Hall–Kier alpha value is -3.52. The van der Waals surface area contributed by atoms with Gasteiger partial charge in [-0.25, -0.2) is 4.98 Å². The zero-order valence-electron chi connectivity index (χ0n) is 13.9. The summed E-state index contributed by atoms with van der Waals surface area (Å²) in [5.74, 6) is 1.14. The van der Waals surface area contributed by atoms with Crippen molar-refractivity contribution in [2.24, 2.45) is 0 Å². The molecule has 4 aromatic rings. The number of rotatable bonds is 2. The first-order valence-electron chi connectivity index (χ1n) is 7.94. The number of para-hydroxylation sites is 2. The van der Waals surface area contributed by atoms with Gasteiger partial charge in [-0.1, -0.05) is 12.1 Å². The maximum Gasteiger partial charge on any atom is 0.157 e. The molecule has 0 saturated carbocycles. The fraction of sp³-hybridized carbons (Fsp3) is 0.100. The van der Waals surface area contributed by atoms with Gasteiger partial charge in [-0.05, 0) is 55.0 Å². The number of phenolic OH excluding ortho intramolecular Hbond substituents is 1. The van der Waals surface area contributed by atoms with E-state index in [2.05, 4.69) is 11.1 Å². The quantitative estimate of drug-likeness (QED) is 0.600. The van der Waals surface area contributed by atoms with Gasteiger partial charge in [0.15, 0.2) is 5.65 Å². The SMILES string of the molecule is Cc1cc(N(C)c2ccc(O)cc2)n2c(nc3ccccc32)c1C#N. The minimum atomic E-state index is 0.228. The average molecular weight is 328 g/mol. The fourth-order valence-corrected chi connectivity index (χ4v) is 3.13. The number of pyridine rings is 1. The lowest BCUT2D eigenvalue weighted by molar-refractivity contribution is 0.475. The third kappa shape index (κ3) is 2.27. The van der Waals surface area contributed by atoms with Gasteiger partial charge in [-0.15, -0.1) is 0 Å². The van der Waals surface area contributed by atoms with Gasteiger partial charge < -0.3 is 10.0 Å². The lowest BCUT2D eigenvalue weighted by Gasteiger charge is -2.22. The van der Waals surface area contributed by atoms with Crippen LogP contribution in [0.4, 0.5) is 11.5 Å². The molecular formula is C20H16N4O. The molecule has 2 aromatic heterocycles. The van der Waals surface area contributed by atoms with Gasteiger partial charge in [-0.3, -0.25) is 4.40 Å². The molecule has 0 amide bonds. The van der Waals surface area contributed by atoms with Crippen LogP contribution >= 0.6 is 0 Å². The van der Waals surface area contributed by atoms with Gasteiger partial charge >= 0.3 is 0 Å². The van der Waals surface area contributed by atoms with Crippen LogP contribution in [0.15, 0.2) is 54.6 Å². The van der Waals surface area contributed by atoms with Crippen molar-refractivity contribution in [1.82, 2.24) is 9.38 Å². The summed E-state index contributed by atoms with van der Waals surface area (Å²) in [7, 11) is 1.96. The molecule has 0 unspecified atom stereocenters. The number of fused-ring (bicyclic) bond motifs is 3. The van der Waals surface area contributed by atoms with Gasteiger partial charge in [0.05, 0.1) is 16.6 Å². The maximum atomic E-state index is 9.57. The molecule has 122 valence electrons. The molecule has 5 nitrogen and oxygen atoms in total. The highest BCUT2D eigenvalue weighted by Gasteiger charge is 2.17. The van der Waals surface area contributed by atoms with Crippen molar-refractivity contribution >= 4 is 28.2 Å². The van der Waals surface area contributed by atoms with Crippen molar-refractivity contribution in [3.8, 4) is 11.8 Å². The number of aromatic hydroxyl groups is 1. The molecule has 0 aliphatic rings. The van der Waals surface area contributed by atoms with Gasteiger partial charge in [0.25, 0.3) is 0 Å². The number of nitrogens with zero attached hydrogens (tertiary/aromatic N) is 4. The average Bonchev–Trinajstić information content (AvgIpc) is 3.00. The molecule has 2 aromatic carbocycles. The smallest absolute Gasteiger partial charge is 0.157 e. The van der Waals surface area contributed by atoms with Crippen LogP contribution in [0.25, 0.3) is 16.7 Å². The molecular weight excluding hydrogens is 312 g/mol. The molecule has 0 aliphatic heterocycles. The molecule has 2 heterocycles. The Kier molecular flexibility index (Phi) is 3.33. The Bertz CT molecular complexity index is 1140. The number of hydrogen-bond donors (Lipinski definition) is 1. The second-order valence-electron chi connectivity index (χ2n) is 6.01. The predicted molar refractivity (Wildman–Crippen MR) is 98.3 cm³/mol. The van der Waals surface area contributed by atoms with Crippen LogP contribution in [0, 0.1) is 18.3 Å². The van der Waals surface area contributed by atoms with E-state index in [9.17, 15) is 10.4 Å². The zero-order valence-corrected chi connectivity index (χ0v) is 13.9. The summed E-state index contributed by atoms with van der Waals surface area (Å²) >= 11 is 0. The molecule has 0 spiro atoms. The molecule has 1 N–H and O–H groups in total. The summed E-state index contributed by atoms with van der Waals surface area (Å²) in [4.78, 5) is 6.69. The number of hydrogen-bond acceptors (Lipinski definition) is 4. The maximum absolute atomic E-state index is 9.57. The Morgan fingerprint density at radius 2 is 1.84 bits per heavy atom. The highest BCUT2D eigenvalue weighted by atomic mass is 16.3. The van der Waals surface area contributed by atoms with Crippen LogP contribution in [0.5, 0.6) is 5.75 Å². The van der Waals surface area contributed by atoms with Gasteiger partial charge in [-0.2, -0.15) is 5.26 Å². The third-order valence-electron chi connectivity index (χ3n) is 4.45. The summed E-state index contributed by atoms with van der Waals surface area (Å²) in [6.07, 6.45) is 0. The third-order valence-corrected chi connectivity index (χ3v) is 4.45. The van der Waals surface area contributed by atoms with Crippen LogP contribution in [-0.4, -0.2) is 21.5 Å². The second-order valence-corrected chi connectivity index (χ2v) is 6.01. The molecule has 5 heteroatoms. The molecule has 0 radical (unpaired) electrons. The van der Waals surface area contributed by atoms with Crippen molar-refractivity contribution in [2.75, 3.05) is 11.9 Å². The minimum absolute atomic E-state index is 0.228. The first-order chi connectivity index (χ1) is 12.1. The van der Waals surface area contributed by atoms with Crippen LogP contribution in [0.3, 0.4) is 0 Å². The fourth-order valence-electron chi connectivity index (χ4n) is 3.13. The number of benzene rings is 2. The van der Waals surface area contributed by atoms with E-state index in [1.165, 1.54) is 0 Å². The van der Waals surface area contributed by atoms with Crippen LogP contribution < -0.4 is 4.90 Å². The van der Waals surface area contributed by atoms with Crippen molar-refractivity contribution in [3.05, 3.63) is 65.7 Å². The predicted octanol–water partition coefficient (Wildman–Crippen LogP) is 4.14. The summed E-state index contributed by atoms with van der Waals surface area (Å²) < 4.78 is 2.01. The summed E-state index contributed by atoms with van der Waals surface area (Å²) in [6.45, 7) is 1.92. The molecule has 25 heavy (non-hydrogen) atoms. The summed E-state index contributed by atoms with van der Waals surface area (Å²) in [5, 5.41) is 19.1. The summed E-state index contributed by atoms with van der Waals surface area (Å²) in [6, 6.07) is 19.2. The van der Waals surface area contributed by atoms with Gasteiger partial charge in [0.1, 0.15) is 17.6 Å². The molecule has 0 aliphatic carbocycles. The Morgan fingerprint density at radius 3 is 2.56 bits per heavy atom. The number of imidazole rings is 1. The highest BCUT2D eigenvalue weighted by Crippen LogP contribution is 2.32. The normalized spacial score (nSPS) is 10.9. The second kappa shape index (κ2) is 5.53. The lowest BCUT2D eigenvalue weighted by Crippen LogP contribution is -2.14. The van der Waals surface area contributed by atoms with Crippen LogP contribution in [0.2, 0.25) is 0 Å². The van der Waals surface area contributed by atoms with Crippen LogP contribution in [-0.2, 0) is 0 Å². The van der Waals surface area contributed by atoms with E-state index in [-0.39, 0.29) is 5.75 Å². The standard InChI is InChI=1S/C20H16N4O/c1-13-11-19(23(2)14-7-9-15(25)10-8-14)24-18-6-4-3-5-17(18)22-20(24)16(13)12-21/h3-11,25H,1-2H3. The number of nitriles is 1. The van der Waals surface area contributed by atoms with Crippen molar-refractivity contribution in [2.45, 2.75) is 6.92 Å². The Labute approximate surface area is 145 Å². The zero-order chi connectivity index (χ0) is 17.6. The first kappa shape index (κ1) is 15.0. The van der Waals surface area contributed by atoms with Crippen molar-refractivity contribution < 1.29 is 5.11 Å². The van der Waals surface area contributed by atoms with Crippen LogP contribution in [0.1, 0.15) is 11.1 Å². The topological polar surface area (TPSA) is 64.6 Å². The van der Waals surface area contributed by atoms with E-state index < -0.39 is 0 Å². The number of anilines is 2. The largest absolute Gasteiger partial charge is 0.508 e. The lowest BCUT2D eigenvalue weighted by atomic mass is 10.1. The van der Waals surface area contributed by atoms with Gasteiger partial charge in [0, 0.05) is 12.7 Å². The minimum Gasteiger partial charge on any atom is -0.508 e.